The fourth-order valence-corrected chi connectivity index (χ4v) is 3.04. The summed E-state index contributed by atoms with van der Waals surface area (Å²) in [5.74, 6) is 0.791. The van der Waals surface area contributed by atoms with Crippen LogP contribution in [0.5, 0.6) is 11.5 Å². The summed E-state index contributed by atoms with van der Waals surface area (Å²) >= 11 is 6.09. The standard InChI is InChI=1S/C23H29ClN2O4/c1-16(2)13-25-23(28)17(3)26(14-18-8-7-9-19(24)12-18)22(27)15-30-21-11-6-5-10-20(21)29-4/h5-12,16-17H,13-15H2,1-4H3,(H,25,28). The van der Waals surface area contributed by atoms with Gasteiger partial charge in [0.1, 0.15) is 6.04 Å². The minimum atomic E-state index is -0.670. The van der Waals surface area contributed by atoms with Gasteiger partial charge < -0.3 is 19.7 Å². The van der Waals surface area contributed by atoms with Crippen LogP contribution in [-0.2, 0) is 16.1 Å². The number of hydrogen-bond donors (Lipinski definition) is 1. The summed E-state index contributed by atoms with van der Waals surface area (Å²) in [6.45, 7) is 6.30. The van der Waals surface area contributed by atoms with Gasteiger partial charge >= 0.3 is 0 Å². The number of ether oxygens (including phenoxy) is 2. The quantitative estimate of drug-likeness (QED) is 0.618. The van der Waals surface area contributed by atoms with Crippen molar-refractivity contribution in [3.8, 4) is 11.5 Å². The van der Waals surface area contributed by atoms with Crippen LogP contribution in [0.25, 0.3) is 0 Å². The molecule has 0 heterocycles. The zero-order valence-electron chi connectivity index (χ0n) is 17.9. The molecule has 30 heavy (non-hydrogen) atoms. The Morgan fingerprint density at radius 2 is 1.77 bits per heavy atom. The Kier molecular flexibility index (Phi) is 8.99. The number of nitrogens with one attached hydrogen (secondary N) is 1. The maximum absolute atomic E-state index is 13.0. The fourth-order valence-electron chi connectivity index (χ4n) is 2.83. The molecule has 2 amide bonds. The van der Waals surface area contributed by atoms with E-state index < -0.39 is 6.04 Å². The number of carbonyl (C=O) groups excluding carboxylic acids is 2. The Bertz CT molecular complexity index is 857. The molecule has 162 valence electrons. The van der Waals surface area contributed by atoms with E-state index in [1.54, 1.807) is 37.3 Å². The lowest BCUT2D eigenvalue weighted by Gasteiger charge is -2.29. The Labute approximate surface area is 183 Å². The number of carbonyl (C=O) groups is 2. The number of para-hydroxylation sites is 2. The van der Waals surface area contributed by atoms with Crippen molar-refractivity contribution < 1.29 is 19.1 Å². The normalized spacial score (nSPS) is 11.7. The van der Waals surface area contributed by atoms with E-state index in [0.717, 1.165) is 5.56 Å². The van der Waals surface area contributed by atoms with Gasteiger partial charge in [-0.2, -0.15) is 0 Å². The SMILES string of the molecule is COc1ccccc1OCC(=O)N(Cc1cccc(Cl)c1)C(C)C(=O)NCC(C)C. The average Bonchev–Trinajstić information content (AvgIpc) is 2.73. The van der Waals surface area contributed by atoms with Crippen molar-refractivity contribution >= 4 is 23.4 Å². The molecule has 1 atom stereocenters. The lowest BCUT2D eigenvalue weighted by molar-refractivity contribution is -0.142. The molecule has 0 radical (unpaired) electrons. The highest BCUT2D eigenvalue weighted by molar-refractivity contribution is 6.30. The first kappa shape index (κ1) is 23.5. The molecule has 7 heteroatoms. The molecule has 0 saturated carbocycles. The van der Waals surface area contributed by atoms with Crippen LogP contribution in [0.2, 0.25) is 5.02 Å². The highest BCUT2D eigenvalue weighted by Gasteiger charge is 2.26. The summed E-state index contributed by atoms with van der Waals surface area (Å²) in [5, 5.41) is 3.46. The minimum absolute atomic E-state index is 0.212. The van der Waals surface area contributed by atoms with Crippen LogP contribution < -0.4 is 14.8 Å². The molecule has 2 aromatic carbocycles. The van der Waals surface area contributed by atoms with E-state index in [2.05, 4.69) is 5.32 Å². The van der Waals surface area contributed by atoms with Crippen LogP contribution in [0.15, 0.2) is 48.5 Å². The van der Waals surface area contributed by atoms with Crippen LogP contribution in [0.1, 0.15) is 26.3 Å². The number of amides is 2. The average molecular weight is 433 g/mol. The van der Waals surface area contributed by atoms with Crippen molar-refractivity contribution in [1.29, 1.82) is 0 Å². The van der Waals surface area contributed by atoms with Crippen LogP contribution in [-0.4, -0.2) is 43.0 Å². The first-order valence-electron chi connectivity index (χ1n) is 9.89. The van der Waals surface area contributed by atoms with Crippen LogP contribution in [0.3, 0.4) is 0 Å². The van der Waals surface area contributed by atoms with Gasteiger partial charge in [-0.15, -0.1) is 0 Å². The molecule has 0 aliphatic rings. The first-order chi connectivity index (χ1) is 14.3. The number of halogens is 1. The zero-order chi connectivity index (χ0) is 22.1. The number of rotatable bonds is 10. The number of nitrogens with zero attached hydrogens (tertiary/aromatic N) is 1. The second-order valence-electron chi connectivity index (χ2n) is 7.41. The summed E-state index contributed by atoms with van der Waals surface area (Å²) in [6.07, 6.45) is 0. The molecule has 1 N–H and O–H groups in total. The Hall–Kier alpha value is -2.73. The Morgan fingerprint density at radius 1 is 1.07 bits per heavy atom. The summed E-state index contributed by atoms with van der Waals surface area (Å²) < 4.78 is 10.9. The zero-order valence-corrected chi connectivity index (χ0v) is 18.6. The van der Waals surface area contributed by atoms with E-state index >= 15 is 0 Å². The van der Waals surface area contributed by atoms with Crippen molar-refractivity contribution in [2.75, 3.05) is 20.3 Å². The highest BCUT2D eigenvalue weighted by atomic mass is 35.5. The molecule has 0 aromatic heterocycles. The smallest absolute Gasteiger partial charge is 0.261 e. The Balaban J connectivity index is 2.16. The molecule has 6 nitrogen and oxygen atoms in total. The van der Waals surface area contributed by atoms with E-state index in [9.17, 15) is 9.59 Å². The van der Waals surface area contributed by atoms with Crippen molar-refractivity contribution in [3.05, 3.63) is 59.1 Å². The van der Waals surface area contributed by atoms with Gasteiger partial charge in [0.2, 0.25) is 5.91 Å². The molecular formula is C23H29ClN2O4. The maximum Gasteiger partial charge on any atom is 0.261 e. The molecule has 0 saturated heterocycles. The summed E-state index contributed by atoms with van der Waals surface area (Å²) in [6, 6.07) is 13.7. The second-order valence-corrected chi connectivity index (χ2v) is 7.84. The van der Waals surface area contributed by atoms with Gasteiger partial charge in [0.25, 0.3) is 5.91 Å². The van der Waals surface area contributed by atoms with Crippen LogP contribution in [0.4, 0.5) is 0 Å². The highest BCUT2D eigenvalue weighted by Crippen LogP contribution is 2.26. The predicted molar refractivity (Wildman–Crippen MR) is 118 cm³/mol. The third-order valence-corrected chi connectivity index (χ3v) is 4.75. The topological polar surface area (TPSA) is 67.9 Å². The van der Waals surface area contributed by atoms with Crippen LogP contribution >= 0.6 is 11.6 Å². The maximum atomic E-state index is 13.0. The van der Waals surface area contributed by atoms with Gasteiger partial charge in [-0.1, -0.05) is 49.7 Å². The van der Waals surface area contributed by atoms with Crippen molar-refractivity contribution in [1.82, 2.24) is 10.2 Å². The predicted octanol–water partition coefficient (Wildman–Crippen LogP) is 3.92. The molecule has 1 unspecified atom stereocenters. The lowest BCUT2D eigenvalue weighted by Crippen LogP contribution is -2.49. The third kappa shape index (κ3) is 6.95. The van der Waals surface area contributed by atoms with Gasteiger partial charge in [0.05, 0.1) is 7.11 Å². The van der Waals surface area contributed by atoms with E-state index in [0.29, 0.717) is 29.0 Å². The van der Waals surface area contributed by atoms with Gasteiger partial charge in [-0.05, 0) is 42.7 Å². The fraction of sp³-hybridized carbons (Fsp3) is 0.391. The van der Waals surface area contributed by atoms with Crippen LogP contribution in [0, 0.1) is 5.92 Å². The van der Waals surface area contributed by atoms with E-state index in [1.165, 1.54) is 12.0 Å². The lowest BCUT2D eigenvalue weighted by atomic mass is 10.1. The van der Waals surface area contributed by atoms with Gasteiger partial charge in [0, 0.05) is 18.1 Å². The molecule has 0 aliphatic carbocycles. The summed E-state index contributed by atoms with van der Waals surface area (Å²) in [4.78, 5) is 27.2. The molecule has 0 fully saturated rings. The molecule has 0 bridgehead atoms. The third-order valence-electron chi connectivity index (χ3n) is 4.51. The van der Waals surface area contributed by atoms with Crippen molar-refractivity contribution in [2.45, 2.75) is 33.4 Å². The van der Waals surface area contributed by atoms with Crippen molar-refractivity contribution in [2.24, 2.45) is 5.92 Å². The molecular weight excluding hydrogens is 404 g/mol. The van der Waals surface area contributed by atoms with Crippen molar-refractivity contribution in [3.63, 3.8) is 0 Å². The monoisotopic (exact) mass is 432 g/mol. The molecule has 0 spiro atoms. The number of benzene rings is 2. The number of hydrogen-bond acceptors (Lipinski definition) is 4. The van der Waals surface area contributed by atoms with E-state index in [-0.39, 0.29) is 25.0 Å². The Morgan fingerprint density at radius 3 is 2.40 bits per heavy atom. The van der Waals surface area contributed by atoms with Gasteiger partial charge in [0.15, 0.2) is 18.1 Å². The first-order valence-corrected chi connectivity index (χ1v) is 10.3. The van der Waals surface area contributed by atoms with E-state index in [1.807, 2.05) is 32.0 Å². The summed E-state index contributed by atoms with van der Waals surface area (Å²) in [7, 11) is 1.54. The largest absolute Gasteiger partial charge is 0.493 e. The summed E-state index contributed by atoms with van der Waals surface area (Å²) in [5.41, 5.74) is 0.830. The molecule has 0 aliphatic heterocycles. The van der Waals surface area contributed by atoms with E-state index in [4.69, 9.17) is 21.1 Å². The molecule has 2 rings (SSSR count). The number of methoxy groups -OCH3 is 1. The molecule has 2 aromatic rings. The second kappa shape index (κ2) is 11.5. The minimum Gasteiger partial charge on any atom is -0.493 e. The van der Waals surface area contributed by atoms with Gasteiger partial charge in [-0.3, -0.25) is 9.59 Å². The van der Waals surface area contributed by atoms with Gasteiger partial charge in [-0.25, -0.2) is 0 Å².